The normalized spacial score (nSPS) is 27.9. The molecular formula is C13H19F3N2O3. The molecule has 1 N–H and O–H groups in total. The van der Waals surface area contributed by atoms with Crippen molar-refractivity contribution >= 4 is 11.9 Å². The first kappa shape index (κ1) is 16.1. The Hall–Kier alpha value is -1.31. The van der Waals surface area contributed by atoms with Crippen molar-refractivity contribution in [2.24, 2.45) is 11.8 Å². The largest absolute Gasteiger partial charge is 0.481 e. The Morgan fingerprint density at radius 1 is 1.05 bits per heavy atom. The Balaban J connectivity index is 1.87. The monoisotopic (exact) mass is 308 g/mol. The molecule has 120 valence electrons. The standard InChI is InChI=1S/C13H19F3N2O3/c14-13(15,16)8-17-4-6-18(7-5-17)11(19)9-2-1-3-10(9)12(20)21/h9-10H,1-8H2,(H,20,21). The Labute approximate surface area is 120 Å². The summed E-state index contributed by atoms with van der Waals surface area (Å²) in [7, 11) is 0. The van der Waals surface area contributed by atoms with Crippen molar-refractivity contribution in [2.45, 2.75) is 25.4 Å². The van der Waals surface area contributed by atoms with Gasteiger partial charge < -0.3 is 10.0 Å². The van der Waals surface area contributed by atoms with Crippen LogP contribution >= 0.6 is 0 Å². The van der Waals surface area contributed by atoms with Crippen LogP contribution in [0.5, 0.6) is 0 Å². The zero-order valence-electron chi connectivity index (χ0n) is 11.6. The number of piperazine rings is 1. The number of halogens is 3. The van der Waals surface area contributed by atoms with E-state index in [4.69, 9.17) is 5.11 Å². The highest BCUT2D eigenvalue weighted by molar-refractivity contribution is 5.85. The molecule has 0 aromatic heterocycles. The van der Waals surface area contributed by atoms with Gasteiger partial charge >= 0.3 is 12.1 Å². The van der Waals surface area contributed by atoms with E-state index in [1.807, 2.05) is 0 Å². The van der Waals surface area contributed by atoms with Crippen LogP contribution in [0.3, 0.4) is 0 Å². The van der Waals surface area contributed by atoms with Gasteiger partial charge in [0.05, 0.1) is 18.4 Å². The lowest BCUT2D eigenvalue weighted by Gasteiger charge is -2.36. The molecule has 1 aliphatic heterocycles. The average molecular weight is 308 g/mol. The molecule has 8 heteroatoms. The smallest absolute Gasteiger partial charge is 0.401 e. The number of amides is 1. The van der Waals surface area contributed by atoms with Crippen LogP contribution in [0.2, 0.25) is 0 Å². The van der Waals surface area contributed by atoms with Crippen LogP contribution < -0.4 is 0 Å². The molecule has 1 saturated heterocycles. The average Bonchev–Trinajstić information content (AvgIpc) is 2.86. The van der Waals surface area contributed by atoms with Crippen molar-refractivity contribution in [3.63, 3.8) is 0 Å². The molecule has 2 rings (SSSR count). The lowest BCUT2D eigenvalue weighted by molar-refractivity contribution is -0.155. The Bertz CT molecular complexity index is 406. The number of rotatable bonds is 3. The number of nitrogens with zero attached hydrogens (tertiary/aromatic N) is 2. The molecule has 0 aromatic carbocycles. The Morgan fingerprint density at radius 3 is 2.14 bits per heavy atom. The molecule has 1 saturated carbocycles. The molecule has 1 amide bonds. The molecule has 0 bridgehead atoms. The molecule has 2 aliphatic rings. The van der Waals surface area contributed by atoms with Gasteiger partial charge in [-0.05, 0) is 12.8 Å². The predicted octanol–water partition coefficient (Wildman–Crippen LogP) is 1.19. The van der Waals surface area contributed by atoms with Crippen LogP contribution in [0.25, 0.3) is 0 Å². The lowest BCUT2D eigenvalue weighted by atomic mass is 9.94. The van der Waals surface area contributed by atoms with Gasteiger partial charge in [0.25, 0.3) is 0 Å². The highest BCUT2D eigenvalue weighted by Crippen LogP contribution is 2.33. The molecule has 2 fully saturated rings. The SMILES string of the molecule is O=C(O)C1CCCC1C(=O)N1CCN(CC(F)(F)F)CC1. The summed E-state index contributed by atoms with van der Waals surface area (Å²) in [6, 6.07) is 0. The minimum absolute atomic E-state index is 0.176. The van der Waals surface area contributed by atoms with Crippen LogP contribution in [-0.4, -0.2) is 65.7 Å². The van der Waals surface area contributed by atoms with E-state index in [1.54, 1.807) is 0 Å². The van der Waals surface area contributed by atoms with Crippen LogP contribution in [0.15, 0.2) is 0 Å². The third kappa shape index (κ3) is 4.09. The summed E-state index contributed by atoms with van der Waals surface area (Å²) < 4.78 is 36.9. The first-order chi connectivity index (χ1) is 9.78. The van der Waals surface area contributed by atoms with E-state index in [0.29, 0.717) is 19.3 Å². The topological polar surface area (TPSA) is 60.9 Å². The van der Waals surface area contributed by atoms with E-state index in [-0.39, 0.29) is 32.1 Å². The van der Waals surface area contributed by atoms with Gasteiger partial charge in [0, 0.05) is 26.2 Å². The minimum atomic E-state index is -4.23. The molecule has 0 spiro atoms. The summed E-state index contributed by atoms with van der Waals surface area (Å²) in [5.41, 5.74) is 0. The van der Waals surface area contributed by atoms with Crippen LogP contribution in [0.4, 0.5) is 13.2 Å². The van der Waals surface area contributed by atoms with Crippen LogP contribution in [-0.2, 0) is 9.59 Å². The fourth-order valence-corrected chi connectivity index (χ4v) is 3.17. The fraction of sp³-hybridized carbons (Fsp3) is 0.846. The van der Waals surface area contributed by atoms with E-state index in [0.717, 1.165) is 0 Å². The van der Waals surface area contributed by atoms with Gasteiger partial charge in [-0.2, -0.15) is 13.2 Å². The van der Waals surface area contributed by atoms with Gasteiger partial charge in [0.15, 0.2) is 0 Å². The summed E-state index contributed by atoms with van der Waals surface area (Å²) in [6.07, 6.45) is -2.47. The fourth-order valence-electron chi connectivity index (χ4n) is 3.17. The van der Waals surface area contributed by atoms with Crippen molar-refractivity contribution in [1.29, 1.82) is 0 Å². The summed E-state index contributed by atoms with van der Waals surface area (Å²) in [4.78, 5) is 26.2. The molecule has 1 aliphatic carbocycles. The zero-order chi connectivity index (χ0) is 15.6. The summed E-state index contributed by atoms with van der Waals surface area (Å²) >= 11 is 0. The summed E-state index contributed by atoms with van der Waals surface area (Å²) in [6.45, 7) is -0.142. The minimum Gasteiger partial charge on any atom is -0.481 e. The molecule has 1 heterocycles. The highest BCUT2D eigenvalue weighted by Gasteiger charge is 2.40. The highest BCUT2D eigenvalue weighted by atomic mass is 19.4. The summed E-state index contributed by atoms with van der Waals surface area (Å²) in [5.74, 6) is -2.34. The number of hydrogen-bond acceptors (Lipinski definition) is 3. The van der Waals surface area contributed by atoms with Gasteiger partial charge in [-0.15, -0.1) is 0 Å². The van der Waals surface area contributed by atoms with Crippen LogP contribution in [0, 0.1) is 11.8 Å². The van der Waals surface area contributed by atoms with E-state index in [9.17, 15) is 22.8 Å². The molecular weight excluding hydrogens is 289 g/mol. The number of carboxylic acid groups (broad SMARTS) is 1. The van der Waals surface area contributed by atoms with Crippen molar-refractivity contribution in [3.8, 4) is 0 Å². The Kier molecular flexibility index (Phi) is 4.75. The maximum atomic E-state index is 12.3. The third-order valence-corrected chi connectivity index (χ3v) is 4.24. The lowest BCUT2D eigenvalue weighted by Crippen LogP contribution is -2.52. The van der Waals surface area contributed by atoms with E-state index in [2.05, 4.69) is 0 Å². The maximum Gasteiger partial charge on any atom is 0.401 e. The molecule has 2 atom stereocenters. The van der Waals surface area contributed by atoms with Crippen molar-refractivity contribution in [3.05, 3.63) is 0 Å². The molecule has 2 unspecified atom stereocenters. The summed E-state index contributed by atoms with van der Waals surface area (Å²) in [5, 5.41) is 9.10. The van der Waals surface area contributed by atoms with Gasteiger partial charge in [-0.1, -0.05) is 6.42 Å². The first-order valence-electron chi connectivity index (χ1n) is 7.08. The molecule has 5 nitrogen and oxygen atoms in total. The van der Waals surface area contributed by atoms with E-state index >= 15 is 0 Å². The van der Waals surface area contributed by atoms with Gasteiger partial charge in [-0.25, -0.2) is 0 Å². The quantitative estimate of drug-likeness (QED) is 0.851. The second-order valence-corrected chi connectivity index (χ2v) is 5.70. The van der Waals surface area contributed by atoms with Crippen molar-refractivity contribution < 1.29 is 27.9 Å². The third-order valence-electron chi connectivity index (χ3n) is 4.24. The molecule has 0 radical (unpaired) electrons. The number of hydrogen-bond donors (Lipinski definition) is 1. The number of carbonyl (C=O) groups excluding carboxylic acids is 1. The molecule has 0 aromatic rings. The van der Waals surface area contributed by atoms with Crippen molar-refractivity contribution in [2.75, 3.05) is 32.7 Å². The first-order valence-corrected chi connectivity index (χ1v) is 7.08. The predicted molar refractivity (Wildman–Crippen MR) is 67.5 cm³/mol. The van der Waals surface area contributed by atoms with E-state index < -0.39 is 30.5 Å². The maximum absolute atomic E-state index is 12.3. The number of carbonyl (C=O) groups is 2. The van der Waals surface area contributed by atoms with Gasteiger partial charge in [0.1, 0.15) is 0 Å². The van der Waals surface area contributed by atoms with Crippen LogP contribution in [0.1, 0.15) is 19.3 Å². The Morgan fingerprint density at radius 2 is 1.62 bits per heavy atom. The number of alkyl halides is 3. The van der Waals surface area contributed by atoms with Crippen molar-refractivity contribution in [1.82, 2.24) is 9.80 Å². The van der Waals surface area contributed by atoms with E-state index in [1.165, 1.54) is 9.80 Å². The second kappa shape index (κ2) is 6.21. The van der Waals surface area contributed by atoms with Gasteiger partial charge in [-0.3, -0.25) is 14.5 Å². The second-order valence-electron chi connectivity index (χ2n) is 5.70. The number of aliphatic carboxylic acids is 1. The zero-order valence-corrected chi connectivity index (χ0v) is 11.6. The number of carboxylic acids is 1. The molecule has 21 heavy (non-hydrogen) atoms. The van der Waals surface area contributed by atoms with Gasteiger partial charge in [0.2, 0.25) is 5.91 Å².